The predicted molar refractivity (Wildman–Crippen MR) is 87.5 cm³/mol. The van der Waals surface area contributed by atoms with Crippen molar-refractivity contribution in [2.24, 2.45) is 0 Å². The Morgan fingerprint density at radius 1 is 1.30 bits per heavy atom. The van der Waals surface area contributed by atoms with Crippen LogP contribution in [-0.4, -0.2) is 17.6 Å². The summed E-state index contributed by atoms with van der Waals surface area (Å²) in [5.41, 5.74) is 3.70. The van der Waals surface area contributed by atoms with Crippen molar-refractivity contribution in [1.82, 2.24) is 10.3 Å². The Hall–Kier alpha value is -0.750. The van der Waals surface area contributed by atoms with Crippen molar-refractivity contribution in [2.45, 2.75) is 46.4 Å². The summed E-state index contributed by atoms with van der Waals surface area (Å²) in [4.78, 5) is 6.03. The summed E-state index contributed by atoms with van der Waals surface area (Å²) >= 11 is 3.49. The molecule has 0 unspecified atom stereocenters. The average molecular weight is 310 g/mol. The second kappa shape index (κ2) is 6.35. The van der Waals surface area contributed by atoms with Crippen molar-refractivity contribution >= 4 is 22.7 Å². The van der Waals surface area contributed by atoms with E-state index in [1.807, 2.05) is 0 Å². The van der Waals surface area contributed by atoms with Gasteiger partial charge in [-0.05, 0) is 38.6 Å². The van der Waals surface area contributed by atoms with Gasteiger partial charge in [0.15, 0.2) is 0 Å². The maximum atomic E-state index is 5.28. The van der Waals surface area contributed by atoms with E-state index in [2.05, 4.69) is 43.8 Å². The van der Waals surface area contributed by atoms with Gasteiger partial charge in [0, 0.05) is 35.0 Å². The Bertz CT molecular complexity index is 567. The van der Waals surface area contributed by atoms with E-state index >= 15 is 0 Å². The van der Waals surface area contributed by atoms with Gasteiger partial charge in [0.1, 0.15) is 5.01 Å². The molecule has 0 amide bonds. The van der Waals surface area contributed by atoms with E-state index in [1.165, 1.54) is 16.0 Å². The monoisotopic (exact) mass is 310 g/mol. The SMILES string of the molecule is COCc1nc(-c2cscc2C)sc1CNC(C)(C)C. The van der Waals surface area contributed by atoms with E-state index in [9.17, 15) is 0 Å². The van der Waals surface area contributed by atoms with Crippen LogP contribution in [0.15, 0.2) is 10.8 Å². The molecule has 2 rings (SSSR count). The Kier molecular flexibility index (Phi) is 4.96. The molecule has 0 atom stereocenters. The number of thiophene rings is 1. The van der Waals surface area contributed by atoms with Crippen LogP contribution in [0.4, 0.5) is 0 Å². The summed E-state index contributed by atoms with van der Waals surface area (Å²) in [6.07, 6.45) is 0. The van der Waals surface area contributed by atoms with Gasteiger partial charge in [-0.3, -0.25) is 0 Å². The van der Waals surface area contributed by atoms with E-state index in [4.69, 9.17) is 9.72 Å². The zero-order valence-electron chi connectivity index (χ0n) is 12.7. The number of aryl methyl sites for hydroxylation is 1. The minimum absolute atomic E-state index is 0.104. The van der Waals surface area contributed by atoms with Crippen molar-refractivity contribution in [3.8, 4) is 10.6 Å². The number of nitrogens with one attached hydrogen (secondary N) is 1. The van der Waals surface area contributed by atoms with Crippen molar-refractivity contribution in [2.75, 3.05) is 7.11 Å². The fourth-order valence-electron chi connectivity index (χ4n) is 1.81. The molecule has 0 radical (unpaired) electrons. The lowest BCUT2D eigenvalue weighted by atomic mass is 10.1. The smallest absolute Gasteiger partial charge is 0.125 e. The zero-order chi connectivity index (χ0) is 14.8. The zero-order valence-corrected chi connectivity index (χ0v) is 14.4. The predicted octanol–water partition coefficient (Wildman–Crippen LogP) is 4.21. The van der Waals surface area contributed by atoms with Crippen LogP contribution in [0, 0.1) is 6.92 Å². The lowest BCUT2D eigenvalue weighted by Gasteiger charge is -2.20. The van der Waals surface area contributed by atoms with Gasteiger partial charge >= 0.3 is 0 Å². The summed E-state index contributed by atoms with van der Waals surface area (Å²) in [5, 5.41) is 8.97. The molecule has 0 saturated carbocycles. The summed E-state index contributed by atoms with van der Waals surface area (Å²) in [6.45, 7) is 10.1. The molecule has 0 aliphatic rings. The van der Waals surface area contributed by atoms with E-state index in [1.54, 1.807) is 29.8 Å². The maximum Gasteiger partial charge on any atom is 0.125 e. The van der Waals surface area contributed by atoms with Crippen molar-refractivity contribution in [3.63, 3.8) is 0 Å². The van der Waals surface area contributed by atoms with Crippen molar-refractivity contribution < 1.29 is 4.74 Å². The Labute approximate surface area is 129 Å². The molecule has 0 spiro atoms. The number of hydrogen-bond acceptors (Lipinski definition) is 5. The van der Waals surface area contributed by atoms with Gasteiger partial charge in [-0.25, -0.2) is 4.98 Å². The summed E-state index contributed by atoms with van der Waals surface area (Å²) in [5.74, 6) is 0. The molecule has 110 valence electrons. The third-order valence-corrected chi connectivity index (χ3v) is 4.92. The summed E-state index contributed by atoms with van der Waals surface area (Å²) < 4.78 is 5.28. The average Bonchev–Trinajstić information content (AvgIpc) is 2.92. The van der Waals surface area contributed by atoms with Crippen LogP contribution >= 0.6 is 22.7 Å². The quantitative estimate of drug-likeness (QED) is 0.898. The Morgan fingerprint density at radius 2 is 2.05 bits per heavy atom. The molecule has 0 fully saturated rings. The molecule has 5 heteroatoms. The Morgan fingerprint density at radius 3 is 2.60 bits per heavy atom. The Balaban J connectivity index is 2.26. The molecule has 3 nitrogen and oxygen atoms in total. The molecule has 2 aromatic rings. The van der Waals surface area contributed by atoms with Gasteiger partial charge in [-0.2, -0.15) is 11.3 Å². The summed E-state index contributed by atoms with van der Waals surface area (Å²) in [7, 11) is 1.72. The topological polar surface area (TPSA) is 34.1 Å². The van der Waals surface area contributed by atoms with Crippen LogP contribution in [0.2, 0.25) is 0 Å². The highest BCUT2D eigenvalue weighted by atomic mass is 32.1. The molecule has 0 aliphatic carbocycles. The number of nitrogens with zero attached hydrogens (tertiary/aromatic N) is 1. The second-order valence-electron chi connectivity index (χ2n) is 5.89. The van der Waals surface area contributed by atoms with Crippen LogP contribution in [0.3, 0.4) is 0 Å². The number of aromatic nitrogens is 1. The molecule has 2 heterocycles. The van der Waals surface area contributed by atoms with Gasteiger partial charge in [-0.15, -0.1) is 11.3 Å². The number of rotatable bonds is 5. The van der Waals surface area contributed by atoms with E-state index in [0.29, 0.717) is 6.61 Å². The van der Waals surface area contributed by atoms with Gasteiger partial charge in [0.2, 0.25) is 0 Å². The van der Waals surface area contributed by atoms with Gasteiger partial charge in [0.25, 0.3) is 0 Å². The van der Waals surface area contributed by atoms with E-state index in [-0.39, 0.29) is 5.54 Å². The van der Waals surface area contributed by atoms with Crippen molar-refractivity contribution in [3.05, 3.63) is 26.9 Å². The number of ether oxygens (including phenoxy) is 1. The molecule has 0 bridgehead atoms. The number of hydrogen-bond donors (Lipinski definition) is 1. The van der Waals surface area contributed by atoms with Gasteiger partial charge < -0.3 is 10.1 Å². The van der Waals surface area contributed by atoms with E-state index in [0.717, 1.165) is 17.2 Å². The lowest BCUT2D eigenvalue weighted by molar-refractivity contribution is 0.181. The highest BCUT2D eigenvalue weighted by molar-refractivity contribution is 7.15. The molecule has 0 aliphatic heterocycles. The molecular weight excluding hydrogens is 288 g/mol. The van der Waals surface area contributed by atoms with Crippen LogP contribution in [-0.2, 0) is 17.9 Å². The summed E-state index contributed by atoms with van der Waals surface area (Å²) in [6, 6.07) is 0. The first-order chi connectivity index (χ1) is 9.40. The molecule has 2 aromatic heterocycles. The fourth-order valence-corrected chi connectivity index (χ4v) is 3.80. The van der Waals surface area contributed by atoms with Crippen LogP contribution < -0.4 is 5.32 Å². The minimum Gasteiger partial charge on any atom is -0.378 e. The number of thiazole rings is 1. The third-order valence-electron chi connectivity index (χ3n) is 2.92. The second-order valence-corrected chi connectivity index (χ2v) is 7.72. The van der Waals surface area contributed by atoms with Crippen LogP contribution in [0.25, 0.3) is 10.6 Å². The van der Waals surface area contributed by atoms with E-state index < -0.39 is 0 Å². The highest BCUT2D eigenvalue weighted by Crippen LogP contribution is 2.32. The molecule has 20 heavy (non-hydrogen) atoms. The normalized spacial score (nSPS) is 12.1. The molecule has 1 N–H and O–H groups in total. The molecule has 0 saturated heterocycles. The van der Waals surface area contributed by atoms with Gasteiger partial charge in [-0.1, -0.05) is 0 Å². The standard InChI is InChI=1S/C15H22N2OS2/c1-10-8-19-9-11(10)14-17-12(7-18-5)13(20-14)6-16-15(2,3)4/h8-9,16H,6-7H2,1-5H3. The lowest BCUT2D eigenvalue weighted by Crippen LogP contribution is -2.35. The van der Waals surface area contributed by atoms with Crippen LogP contribution in [0.1, 0.15) is 36.9 Å². The highest BCUT2D eigenvalue weighted by Gasteiger charge is 2.16. The fraction of sp³-hybridized carbons (Fsp3) is 0.533. The molecular formula is C15H22N2OS2. The first kappa shape index (κ1) is 15.6. The third kappa shape index (κ3) is 3.88. The van der Waals surface area contributed by atoms with Gasteiger partial charge in [0.05, 0.1) is 12.3 Å². The minimum atomic E-state index is 0.104. The first-order valence-corrected chi connectivity index (χ1v) is 8.42. The number of methoxy groups -OCH3 is 1. The van der Waals surface area contributed by atoms with Crippen molar-refractivity contribution in [1.29, 1.82) is 0 Å². The largest absolute Gasteiger partial charge is 0.378 e. The van der Waals surface area contributed by atoms with Crippen LogP contribution in [0.5, 0.6) is 0 Å². The maximum absolute atomic E-state index is 5.28. The first-order valence-electron chi connectivity index (χ1n) is 6.66. The molecule has 0 aromatic carbocycles.